The summed E-state index contributed by atoms with van der Waals surface area (Å²) in [5, 5.41) is 3.41. The summed E-state index contributed by atoms with van der Waals surface area (Å²) in [7, 11) is 0. The third-order valence-electron chi connectivity index (χ3n) is 4.91. The third-order valence-corrected chi connectivity index (χ3v) is 5.16. The predicted octanol–water partition coefficient (Wildman–Crippen LogP) is 4.01. The monoisotopic (exact) mass is 371 g/mol. The van der Waals surface area contributed by atoms with Crippen molar-refractivity contribution in [3.63, 3.8) is 0 Å². The summed E-state index contributed by atoms with van der Waals surface area (Å²) in [6.45, 7) is 0.153. The van der Waals surface area contributed by atoms with Gasteiger partial charge in [-0.2, -0.15) is 0 Å². The van der Waals surface area contributed by atoms with Gasteiger partial charge in [0, 0.05) is 11.6 Å². The van der Waals surface area contributed by atoms with Crippen LogP contribution >= 0.6 is 11.6 Å². The first kappa shape index (κ1) is 18.5. The molecule has 1 saturated carbocycles. The fourth-order valence-electron chi connectivity index (χ4n) is 3.47. The molecule has 0 aliphatic heterocycles. The van der Waals surface area contributed by atoms with E-state index < -0.39 is 5.41 Å². The maximum Gasteiger partial charge on any atom is 0.317 e. The maximum atomic E-state index is 12.8. The van der Waals surface area contributed by atoms with Crippen LogP contribution in [0, 0.1) is 0 Å². The van der Waals surface area contributed by atoms with Gasteiger partial charge in [0.15, 0.2) is 6.61 Å². The number of benzene rings is 2. The van der Waals surface area contributed by atoms with E-state index in [1.54, 1.807) is 12.1 Å². The number of rotatable bonds is 6. The molecular weight excluding hydrogens is 350 g/mol. The lowest BCUT2D eigenvalue weighted by molar-refractivity contribution is -0.154. The van der Waals surface area contributed by atoms with Gasteiger partial charge >= 0.3 is 5.97 Å². The number of hydrogen-bond acceptors (Lipinski definition) is 3. The Hall–Kier alpha value is -2.33. The molecule has 0 radical (unpaired) electrons. The van der Waals surface area contributed by atoms with Gasteiger partial charge in [-0.15, -0.1) is 0 Å². The lowest BCUT2D eigenvalue weighted by Gasteiger charge is -2.27. The number of amides is 1. The zero-order chi connectivity index (χ0) is 18.4. The standard InChI is InChI=1S/C21H22ClNO3/c22-18-10-8-17(9-11-18)21(12-4-5-13-21)20(25)26-15-19(24)23-14-16-6-2-1-3-7-16/h1-3,6-11H,4-5,12-15H2,(H,23,24). The zero-order valence-corrected chi connectivity index (χ0v) is 15.3. The number of carbonyl (C=O) groups is 2. The van der Waals surface area contributed by atoms with Gasteiger partial charge in [0.2, 0.25) is 0 Å². The smallest absolute Gasteiger partial charge is 0.317 e. The van der Waals surface area contributed by atoms with Crippen molar-refractivity contribution < 1.29 is 14.3 Å². The molecule has 0 spiro atoms. The van der Waals surface area contributed by atoms with Crippen molar-refractivity contribution in [2.24, 2.45) is 0 Å². The Balaban J connectivity index is 1.58. The van der Waals surface area contributed by atoms with E-state index in [4.69, 9.17) is 16.3 Å². The fourth-order valence-corrected chi connectivity index (χ4v) is 3.60. The topological polar surface area (TPSA) is 55.4 Å². The number of carbonyl (C=O) groups excluding carboxylic acids is 2. The Bertz CT molecular complexity index is 753. The lowest BCUT2D eigenvalue weighted by Crippen LogP contribution is -2.37. The first-order valence-corrected chi connectivity index (χ1v) is 9.22. The molecule has 0 aromatic heterocycles. The molecule has 1 aliphatic rings. The molecule has 0 heterocycles. The molecule has 1 N–H and O–H groups in total. The van der Waals surface area contributed by atoms with Crippen LogP contribution < -0.4 is 5.32 Å². The minimum Gasteiger partial charge on any atom is -0.455 e. The van der Waals surface area contributed by atoms with Crippen molar-refractivity contribution in [3.05, 3.63) is 70.7 Å². The van der Waals surface area contributed by atoms with E-state index in [2.05, 4.69) is 5.32 Å². The first-order chi connectivity index (χ1) is 12.6. The Morgan fingerprint density at radius 1 is 1.00 bits per heavy atom. The van der Waals surface area contributed by atoms with Gasteiger partial charge in [-0.05, 0) is 36.1 Å². The molecule has 1 fully saturated rings. The summed E-state index contributed by atoms with van der Waals surface area (Å²) in [5.41, 5.74) is 1.25. The first-order valence-electron chi connectivity index (χ1n) is 8.84. The number of esters is 1. The number of hydrogen-bond donors (Lipinski definition) is 1. The van der Waals surface area contributed by atoms with Crippen LogP contribution in [0.25, 0.3) is 0 Å². The highest BCUT2D eigenvalue weighted by Crippen LogP contribution is 2.42. The van der Waals surface area contributed by atoms with E-state index in [0.717, 1.165) is 36.8 Å². The zero-order valence-electron chi connectivity index (χ0n) is 14.5. The third kappa shape index (κ3) is 4.25. The van der Waals surface area contributed by atoms with Crippen molar-refractivity contribution in [2.75, 3.05) is 6.61 Å². The van der Waals surface area contributed by atoms with Crippen LogP contribution in [0.2, 0.25) is 5.02 Å². The van der Waals surface area contributed by atoms with Crippen LogP contribution in [-0.4, -0.2) is 18.5 Å². The highest BCUT2D eigenvalue weighted by molar-refractivity contribution is 6.30. The van der Waals surface area contributed by atoms with Gasteiger partial charge in [0.1, 0.15) is 0 Å². The minimum absolute atomic E-state index is 0.263. The van der Waals surface area contributed by atoms with Gasteiger partial charge < -0.3 is 10.1 Å². The van der Waals surface area contributed by atoms with E-state index >= 15 is 0 Å². The second-order valence-corrected chi connectivity index (χ2v) is 7.07. The van der Waals surface area contributed by atoms with Gasteiger partial charge in [-0.1, -0.05) is 66.9 Å². The maximum absolute atomic E-state index is 12.8. The number of halogens is 1. The van der Waals surface area contributed by atoms with Crippen molar-refractivity contribution in [1.82, 2.24) is 5.32 Å². The molecule has 5 heteroatoms. The predicted molar refractivity (Wildman–Crippen MR) is 101 cm³/mol. The Kier molecular flexibility index (Phi) is 5.94. The van der Waals surface area contributed by atoms with E-state index in [0.29, 0.717) is 11.6 Å². The molecule has 136 valence electrons. The minimum atomic E-state index is -0.662. The van der Waals surface area contributed by atoms with E-state index in [9.17, 15) is 9.59 Å². The van der Waals surface area contributed by atoms with Crippen LogP contribution in [0.3, 0.4) is 0 Å². The van der Waals surface area contributed by atoms with Crippen LogP contribution in [-0.2, 0) is 26.3 Å². The van der Waals surface area contributed by atoms with E-state index in [1.165, 1.54) is 0 Å². The summed E-state index contributed by atoms with van der Waals surface area (Å²) in [5.74, 6) is -0.626. The molecule has 0 unspecified atom stereocenters. The SMILES string of the molecule is O=C(COC(=O)C1(c2ccc(Cl)cc2)CCCC1)NCc1ccccc1. The van der Waals surface area contributed by atoms with Crippen molar-refractivity contribution in [2.45, 2.75) is 37.6 Å². The highest BCUT2D eigenvalue weighted by Gasteiger charge is 2.44. The van der Waals surface area contributed by atoms with Gasteiger partial charge in [0.25, 0.3) is 5.91 Å². The molecular formula is C21H22ClNO3. The van der Waals surface area contributed by atoms with Crippen LogP contribution in [0.15, 0.2) is 54.6 Å². The summed E-state index contributed by atoms with van der Waals surface area (Å²) in [6.07, 6.45) is 3.41. The van der Waals surface area contributed by atoms with Crippen molar-refractivity contribution in [3.8, 4) is 0 Å². The van der Waals surface area contributed by atoms with Crippen LogP contribution in [0.4, 0.5) is 0 Å². The average molecular weight is 372 g/mol. The molecule has 2 aromatic rings. The lowest BCUT2D eigenvalue weighted by atomic mass is 9.79. The fraction of sp³-hybridized carbons (Fsp3) is 0.333. The summed E-state index contributed by atoms with van der Waals surface area (Å²) in [6, 6.07) is 16.9. The molecule has 0 bridgehead atoms. The molecule has 2 aromatic carbocycles. The van der Waals surface area contributed by atoms with Gasteiger partial charge in [-0.25, -0.2) is 0 Å². The second kappa shape index (κ2) is 8.37. The van der Waals surface area contributed by atoms with Crippen molar-refractivity contribution in [1.29, 1.82) is 0 Å². The van der Waals surface area contributed by atoms with E-state index in [-0.39, 0.29) is 18.5 Å². The second-order valence-electron chi connectivity index (χ2n) is 6.63. The molecule has 3 rings (SSSR count). The average Bonchev–Trinajstić information content (AvgIpc) is 3.17. The van der Waals surface area contributed by atoms with Crippen LogP contribution in [0.5, 0.6) is 0 Å². The molecule has 1 amide bonds. The molecule has 4 nitrogen and oxygen atoms in total. The Morgan fingerprint density at radius 2 is 1.65 bits per heavy atom. The Labute approximate surface area is 158 Å². The van der Waals surface area contributed by atoms with E-state index in [1.807, 2.05) is 42.5 Å². The summed E-state index contributed by atoms with van der Waals surface area (Å²) >= 11 is 5.96. The normalized spacial score (nSPS) is 15.4. The molecule has 0 saturated heterocycles. The molecule has 0 atom stereocenters. The summed E-state index contributed by atoms with van der Waals surface area (Å²) in [4.78, 5) is 24.8. The van der Waals surface area contributed by atoms with Gasteiger partial charge in [-0.3, -0.25) is 9.59 Å². The molecule has 1 aliphatic carbocycles. The van der Waals surface area contributed by atoms with Crippen molar-refractivity contribution >= 4 is 23.5 Å². The quantitative estimate of drug-likeness (QED) is 0.780. The number of nitrogens with one attached hydrogen (secondary N) is 1. The highest BCUT2D eigenvalue weighted by atomic mass is 35.5. The van der Waals surface area contributed by atoms with Gasteiger partial charge in [0.05, 0.1) is 5.41 Å². The number of ether oxygens (including phenoxy) is 1. The van der Waals surface area contributed by atoms with Crippen LogP contribution in [0.1, 0.15) is 36.8 Å². The summed E-state index contributed by atoms with van der Waals surface area (Å²) < 4.78 is 5.38. The Morgan fingerprint density at radius 3 is 2.31 bits per heavy atom. The molecule has 26 heavy (non-hydrogen) atoms. The largest absolute Gasteiger partial charge is 0.455 e.